The van der Waals surface area contributed by atoms with E-state index in [9.17, 15) is 14.7 Å². The van der Waals surface area contributed by atoms with Crippen molar-refractivity contribution in [1.82, 2.24) is 15.2 Å². The van der Waals surface area contributed by atoms with Crippen LogP contribution in [0.25, 0.3) is 0 Å². The van der Waals surface area contributed by atoms with E-state index in [1.807, 2.05) is 13.0 Å². The number of carboxylic acid groups (broad SMARTS) is 1. The number of amides is 2. The summed E-state index contributed by atoms with van der Waals surface area (Å²) in [6, 6.07) is 1.68. The molecule has 0 saturated carbocycles. The summed E-state index contributed by atoms with van der Waals surface area (Å²) in [5, 5.41) is 12.0. The molecule has 6 heteroatoms. The Morgan fingerprint density at radius 1 is 1.48 bits per heavy atom. The summed E-state index contributed by atoms with van der Waals surface area (Å²) in [4.78, 5) is 29.0. The zero-order valence-corrected chi connectivity index (χ0v) is 12.4. The Hall–Kier alpha value is -2.11. The number of hydrogen-bond acceptors (Lipinski definition) is 3. The maximum atomic E-state index is 12.1. The van der Waals surface area contributed by atoms with Gasteiger partial charge in [0.15, 0.2) is 0 Å². The summed E-state index contributed by atoms with van der Waals surface area (Å²) in [5.74, 6) is -0.847. The number of rotatable bonds is 4. The minimum absolute atomic E-state index is 0.209. The lowest BCUT2D eigenvalue weighted by atomic mass is 9.90. The number of hydrogen-bond donors (Lipinski definition) is 2. The molecule has 1 aliphatic rings. The molecular formula is C15H21N3O3. The lowest BCUT2D eigenvalue weighted by molar-refractivity contribution is -0.146. The van der Waals surface area contributed by atoms with Crippen molar-refractivity contribution in [2.45, 2.75) is 33.2 Å². The SMILES string of the molecule is CCc1cnccc1CNC(=O)N1CCC(C)(C(=O)O)C1. The molecule has 1 aliphatic heterocycles. The Kier molecular flexibility index (Phi) is 4.45. The van der Waals surface area contributed by atoms with Crippen LogP contribution in [0.3, 0.4) is 0 Å². The maximum absolute atomic E-state index is 12.1. The molecule has 1 aromatic rings. The lowest BCUT2D eigenvalue weighted by Gasteiger charge is -2.20. The second kappa shape index (κ2) is 6.11. The summed E-state index contributed by atoms with van der Waals surface area (Å²) < 4.78 is 0. The summed E-state index contributed by atoms with van der Waals surface area (Å²) in [6.07, 6.45) is 4.86. The van der Waals surface area contributed by atoms with Crippen molar-refractivity contribution in [2.24, 2.45) is 5.41 Å². The number of pyridine rings is 1. The molecule has 1 atom stereocenters. The Morgan fingerprint density at radius 2 is 2.24 bits per heavy atom. The molecule has 2 rings (SSSR count). The Balaban J connectivity index is 1.93. The summed E-state index contributed by atoms with van der Waals surface area (Å²) >= 11 is 0. The highest BCUT2D eigenvalue weighted by Crippen LogP contribution is 2.29. The van der Waals surface area contributed by atoms with E-state index in [0.717, 1.165) is 17.5 Å². The van der Waals surface area contributed by atoms with Crippen molar-refractivity contribution in [2.75, 3.05) is 13.1 Å². The number of aromatic nitrogens is 1. The number of aryl methyl sites for hydroxylation is 1. The monoisotopic (exact) mass is 291 g/mol. The molecule has 114 valence electrons. The van der Waals surface area contributed by atoms with Crippen LogP contribution in [0.1, 0.15) is 31.4 Å². The highest BCUT2D eigenvalue weighted by atomic mass is 16.4. The van der Waals surface area contributed by atoms with Crippen molar-refractivity contribution < 1.29 is 14.7 Å². The van der Waals surface area contributed by atoms with Gasteiger partial charge in [-0.15, -0.1) is 0 Å². The van der Waals surface area contributed by atoms with Crippen LogP contribution in [0.4, 0.5) is 4.79 Å². The molecule has 0 bridgehead atoms. The molecule has 1 aromatic heterocycles. The zero-order chi connectivity index (χ0) is 15.5. The van der Waals surface area contributed by atoms with Crippen molar-refractivity contribution >= 4 is 12.0 Å². The molecule has 0 aliphatic carbocycles. The molecule has 0 spiro atoms. The van der Waals surface area contributed by atoms with Crippen molar-refractivity contribution in [1.29, 1.82) is 0 Å². The second-order valence-corrected chi connectivity index (χ2v) is 5.69. The average molecular weight is 291 g/mol. The van der Waals surface area contributed by atoms with E-state index in [1.54, 1.807) is 24.2 Å². The van der Waals surface area contributed by atoms with E-state index in [0.29, 0.717) is 19.5 Å². The van der Waals surface area contributed by atoms with Gasteiger partial charge in [-0.3, -0.25) is 9.78 Å². The Morgan fingerprint density at radius 3 is 2.86 bits per heavy atom. The minimum atomic E-state index is -0.847. The van der Waals surface area contributed by atoms with Gasteiger partial charge >= 0.3 is 12.0 Å². The van der Waals surface area contributed by atoms with Gasteiger partial charge in [0.25, 0.3) is 0 Å². The van der Waals surface area contributed by atoms with Gasteiger partial charge in [-0.1, -0.05) is 6.92 Å². The quantitative estimate of drug-likeness (QED) is 0.883. The topological polar surface area (TPSA) is 82.5 Å². The number of nitrogens with one attached hydrogen (secondary N) is 1. The molecule has 1 unspecified atom stereocenters. The summed E-state index contributed by atoms with van der Waals surface area (Å²) in [7, 11) is 0. The van der Waals surface area contributed by atoms with Crippen LogP contribution in [0.5, 0.6) is 0 Å². The first-order chi connectivity index (χ1) is 9.96. The minimum Gasteiger partial charge on any atom is -0.481 e. The lowest BCUT2D eigenvalue weighted by Crippen LogP contribution is -2.40. The molecule has 2 heterocycles. The van der Waals surface area contributed by atoms with E-state index in [1.165, 1.54) is 0 Å². The fourth-order valence-corrected chi connectivity index (χ4v) is 2.54. The van der Waals surface area contributed by atoms with E-state index in [4.69, 9.17) is 0 Å². The molecule has 1 fully saturated rings. The van der Waals surface area contributed by atoms with E-state index < -0.39 is 11.4 Å². The van der Waals surface area contributed by atoms with Gasteiger partial charge < -0.3 is 15.3 Å². The van der Waals surface area contributed by atoms with Crippen LogP contribution < -0.4 is 5.32 Å². The van der Waals surface area contributed by atoms with E-state index in [2.05, 4.69) is 10.3 Å². The first kappa shape index (κ1) is 15.3. The zero-order valence-electron chi connectivity index (χ0n) is 12.4. The number of carboxylic acids is 1. The number of urea groups is 1. The van der Waals surface area contributed by atoms with Crippen molar-refractivity contribution in [3.63, 3.8) is 0 Å². The summed E-state index contributed by atoms with van der Waals surface area (Å²) in [6.45, 7) is 4.89. The highest BCUT2D eigenvalue weighted by Gasteiger charge is 2.42. The molecular weight excluding hydrogens is 270 g/mol. The average Bonchev–Trinajstić information content (AvgIpc) is 2.89. The van der Waals surface area contributed by atoms with Gasteiger partial charge in [0.05, 0.1) is 5.41 Å². The maximum Gasteiger partial charge on any atom is 0.317 e. The van der Waals surface area contributed by atoms with Crippen LogP contribution >= 0.6 is 0 Å². The third-order valence-electron chi connectivity index (χ3n) is 4.09. The van der Waals surface area contributed by atoms with E-state index in [-0.39, 0.29) is 12.6 Å². The predicted molar refractivity (Wildman–Crippen MR) is 77.8 cm³/mol. The molecule has 1 saturated heterocycles. The van der Waals surface area contributed by atoms with Crippen LogP contribution in [0, 0.1) is 5.41 Å². The molecule has 0 aromatic carbocycles. The van der Waals surface area contributed by atoms with Crippen LogP contribution in [-0.2, 0) is 17.8 Å². The summed E-state index contributed by atoms with van der Waals surface area (Å²) in [5.41, 5.74) is 1.32. The van der Waals surface area contributed by atoms with Crippen molar-refractivity contribution in [3.05, 3.63) is 29.6 Å². The molecule has 2 N–H and O–H groups in total. The standard InChI is InChI=1S/C15H21N3O3/c1-3-11-8-16-6-4-12(11)9-17-14(21)18-7-5-15(2,10-18)13(19)20/h4,6,8H,3,5,7,9-10H2,1-2H3,(H,17,21)(H,19,20). The highest BCUT2D eigenvalue weighted by molar-refractivity contribution is 5.79. The first-order valence-electron chi connectivity index (χ1n) is 7.14. The number of carbonyl (C=O) groups excluding carboxylic acids is 1. The molecule has 2 amide bonds. The number of nitrogens with zero attached hydrogens (tertiary/aromatic N) is 2. The van der Waals surface area contributed by atoms with Gasteiger partial charge in [-0.2, -0.15) is 0 Å². The molecule has 0 radical (unpaired) electrons. The van der Waals surface area contributed by atoms with Crippen molar-refractivity contribution in [3.8, 4) is 0 Å². The van der Waals surface area contributed by atoms with Gasteiger partial charge in [0.2, 0.25) is 0 Å². The van der Waals surface area contributed by atoms with Gasteiger partial charge in [-0.05, 0) is 37.0 Å². The number of aliphatic carboxylic acids is 1. The Labute approximate surface area is 124 Å². The fraction of sp³-hybridized carbons (Fsp3) is 0.533. The third kappa shape index (κ3) is 3.32. The third-order valence-corrected chi connectivity index (χ3v) is 4.09. The van der Waals surface area contributed by atoms with Gasteiger partial charge in [0, 0.05) is 32.0 Å². The second-order valence-electron chi connectivity index (χ2n) is 5.69. The predicted octanol–water partition coefficient (Wildman–Crippen LogP) is 1.65. The van der Waals surface area contributed by atoms with Crippen LogP contribution in [-0.4, -0.2) is 40.1 Å². The largest absolute Gasteiger partial charge is 0.481 e. The molecule has 6 nitrogen and oxygen atoms in total. The number of carbonyl (C=O) groups is 2. The van der Waals surface area contributed by atoms with Gasteiger partial charge in [0.1, 0.15) is 0 Å². The number of likely N-dealkylation sites (tertiary alicyclic amines) is 1. The van der Waals surface area contributed by atoms with Crippen LogP contribution in [0.15, 0.2) is 18.5 Å². The first-order valence-corrected chi connectivity index (χ1v) is 7.14. The Bertz CT molecular complexity index is 547. The van der Waals surface area contributed by atoms with E-state index >= 15 is 0 Å². The normalized spacial score (nSPS) is 21.3. The van der Waals surface area contributed by atoms with Gasteiger partial charge in [-0.25, -0.2) is 4.79 Å². The fourth-order valence-electron chi connectivity index (χ4n) is 2.54. The smallest absolute Gasteiger partial charge is 0.317 e. The molecule has 21 heavy (non-hydrogen) atoms. The van der Waals surface area contributed by atoms with Crippen LogP contribution in [0.2, 0.25) is 0 Å².